The van der Waals surface area contributed by atoms with Crippen LogP contribution in [-0.2, 0) is 0 Å². The number of fused-ring (bicyclic) bond motifs is 1. The van der Waals surface area contributed by atoms with Gasteiger partial charge in [0.2, 0.25) is 0 Å². The molecule has 0 spiro atoms. The normalized spacial score (nSPS) is 25.4. The third kappa shape index (κ3) is 2.87. The van der Waals surface area contributed by atoms with E-state index in [0.29, 0.717) is 23.7 Å². The largest absolute Gasteiger partial charge is 0.330 e. The number of halogens is 1. The van der Waals surface area contributed by atoms with Crippen LogP contribution in [0.25, 0.3) is 10.4 Å². The Balaban J connectivity index is 1.73. The average molecular weight is 359 g/mol. The van der Waals surface area contributed by atoms with E-state index in [9.17, 15) is 9.18 Å². The molecular weight excluding hydrogens is 337 g/mol. The van der Waals surface area contributed by atoms with Gasteiger partial charge >= 0.3 is 0 Å². The summed E-state index contributed by atoms with van der Waals surface area (Å²) in [6.07, 6.45) is 4.39. The van der Waals surface area contributed by atoms with Crippen molar-refractivity contribution in [3.63, 3.8) is 0 Å². The fourth-order valence-corrected chi connectivity index (χ4v) is 5.34. The molecule has 4 nitrogen and oxygen atoms in total. The summed E-state index contributed by atoms with van der Waals surface area (Å²) in [6.45, 7) is 2.37. The van der Waals surface area contributed by atoms with Gasteiger partial charge in [-0.1, -0.05) is 18.6 Å². The van der Waals surface area contributed by atoms with Gasteiger partial charge in [0, 0.05) is 18.6 Å². The van der Waals surface area contributed by atoms with Crippen molar-refractivity contribution in [2.24, 2.45) is 11.7 Å². The number of nitrogens with zero attached hydrogens (tertiary/aromatic N) is 2. The van der Waals surface area contributed by atoms with Crippen LogP contribution in [-0.4, -0.2) is 34.4 Å². The van der Waals surface area contributed by atoms with Crippen molar-refractivity contribution >= 4 is 17.2 Å². The highest BCUT2D eigenvalue weighted by atomic mass is 32.1. The Bertz CT molecular complexity index is 806. The van der Waals surface area contributed by atoms with Gasteiger partial charge < -0.3 is 10.6 Å². The van der Waals surface area contributed by atoms with Crippen molar-refractivity contribution < 1.29 is 9.18 Å². The predicted octanol–water partition coefficient (Wildman–Crippen LogP) is 3.60. The monoisotopic (exact) mass is 359 g/mol. The lowest BCUT2D eigenvalue weighted by molar-refractivity contribution is 0.0660. The number of hydrogen-bond donors (Lipinski definition) is 1. The molecule has 1 saturated carbocycles. The molecule has 25 heavy (non-hydrogen) atoms. The fourth-order valence-electron chi connectivity index (χ4n) is 4.44. The van der Waals surface area contributed by atoms with Crippen molar-refractivity contribution in [2.45, 2.75) is 44.7 Å². The zero-order valence-corrected chi connectivity index (χ0v) is 15.1. The highest BCUT2D eigenvalue weighted by molar-refractivity contribution is 7.15. The number of aryl methyl sites for hydroxylation is 1. The van der Waals surface area contributed by atoms with E-state index < -0.39 is 0 Å². The topological polar surface area (TPSA) is 59.2 Å². The number of aromatic nitrogens is 1. The lowest BCUT2D eigenvalue weighted by Gasteiger charge is -2.29. The van der Waals surface area contributed by atoms with Gasteiger partial charge in [-0.2, -0.15) is 0 Å². The van der Waals surface area contributed by atoms with E-state index >= 15 is 0 Å². The maximum atomic E-state index is 13.7. The summed E-state index contributed by atoms with van der Waals surface area (Å²) in [5.74, 6) is 0.210. The molecular formula is C19H22FN3OS. The third-order valence-electron chi connectivity index (χ3n) is 5.47. The van der Waals surface area contributed by atoms with Crippen LogP contribution in [0.2, 0.25) is 0 Å². The van der Waals surface area contributed by atoms with E-state index in [1.54, 1.807) is 6.07 Å². The standard InChI is InChI=1S/C19H22FN3OS/c1-11-22-17(18(25-11)13-5-2-6-14(20)8-13)19(24)23-15(10-21)9-12-4-3-7-16(12)23/h2,5-6,8,12,15-16H,3-4,7,9-10,21H2,1H3/t12-,15-,16-/m0/s1. The zero-order valence-electron chi connectivity index (χ0n) is 14.2. The number of carbonyl (C=O) groups is 1. The average Bonchev–Trinajstić information content (AvgIpc) is 3.27. The second-order valence-electron chi connectivity index (χ2n) is 7.02. The summed E-state index contributed by atoms with van der Waals surface area (Å²) in [6, 6.07) is 6.74. The first-order valence-electron chi connectivity index (χ1n) is 8.84. The SMILES string of the molecule is Cc1nc(C(=O)N2[C@H](CN)C[C@@H]3CCC[C@@H]32)c(-c2cccc(F)c2)s1. The van der Waals surface area contributed by atoms with Crippen LogP contribution < -0.4 is 5.73 Å². The predicted molar refractivity (Wildman–Crippen MR) is 97.0 cm³/mol. The van der Waals surface area contributed by atoms with E-state index in [1.807, 2.05) is 17.9 Å². The molecule has 132 valence electrons. The van der Waals surface area contributed by atoms with E-state index in [-0.39, 0.29) is 23.8 Å². The molecule has 1 aromatic carbocycles. The Kier molecular flexibility index (Phi) is 4.33. The second-order valence-corrected chi connectivity index (χ2v) is 8.22. The molecule has 2 heterocycles. The quantitative estimate of drug-likeness (QED) is 0.911. The van der Waals surface area contributed by atoms with Crippen LogP contribution in [0, 0.1) is 18.7 Å². The van der Waals surface area contributed by atoms with Gasteiger partial charge in [0.1, 0.15) is 11.5 Å². The molecule has 1 aromatic heterocycles. The molecule has 3 atom stereocenters. The molecule has 1 saturated heterocycles. The lowest BCUT2D eigenvalue weighted by Crippen LogP contribution is -2.44. The molecule has 2 aliphatic rings. The molecule has 4 rings (SSSR count). The summed E-state index contributed by atoms with van der Waals surface area (Å²) in [4.78, 5) is 20.6. The van der Waals surface area contributed by atoms with Gasteiger partial charge in [0.05, 0.1) is 9.88 Å². The van der Waals surface area contributed by atoms with Crippen LogP contribution in [0.5, 0.6) is 0 Å². The van der Waals surface area contributed by atoms with Gasteiger partial charge in [-0.15, -0.1) is 11.3 Å². The van der Waals surface area contributed by atoms with Crippen LogP contribution in [0.15, 0.2) is 24.3 Å². The zero-order chi connectivity index (χ0) is 17.6. The number of carbonyl (C=O) groups excluding carboxylic acids is 1. The van der Waals surface area contributed by atoms with Gasteiger partial charge in [0.25, 0.3) is 5.91 Å². The number of nitrogens with two attached hydrogens (primary N) is 1. The Hall–Kier alpha value is -1.79. The highest BCUT2D eigenvalue weighted by Crippen LogP contribution is 2.42. The van der Waals surface area contributed by atoms with Crippen LogP contribution in [0.3, 0.4) is 0 Å². The summed E-state index contributed by atoms with van der Waals surface area (Å²) < 4.78 is 13.7. The number of likely N-dealkylation sites (tertiary alicyclic amines) is 1. The first-order valence-corrected chi connectivity index (χ1v) is 9.66. The van der Waals surface area contributed by atoms with Crippen molar-refractivity contribution in [3.05, 3.63) is 40.8 Å². The molecule has 6 heteroatoms. The highest BCUT2D eigenvalue weighted by Gasteiger charge is 2.46. The minimum atomic E-state index is -0.307. The third-order valence-corrected chi connectivity index (χ3v) is 6.49. The maximum Gasteiger partial charge on any atom is 0.274 e. The Morgan fingerprint density at radius 3 is 3.04 bits per heavy atom. The van der Waals surface area contributed by atoms with Crippen LogP contribution in [0.4, 0.5) is 4.39 Å². The van der Waals surface area contributed by atoms with Gasteiger partial charge in [0.15, 0.2) is 0 Å². The second kappa shape index (κ2) is 6.50. The minimum Gasteiger partial charge on any atom is -0.330 e. The van der Waals surface area contributed by atoms with Crippen LogP contribution >= 0.6 is 11.3 Å². The maximum absolute atomic E-state index is 13.7. The molecule has 2 aromatic rings. The minimum absolute atomic E-state index is 0.0477. The summed E-state index contributed by atoms with van der Waals surface area (Å²) in [5, 5.41) is 0.814. The molecule has 1 amide bonds. The van der Waals surface area contributed by atoms with Gasteiger partial charge in [-0.3, -0.25) is 4.79 Å². The number of rotatable bonds is 3. The van der Waals surface area contributed by atoms with Gasteiger partial charge in [-0.25, -0.2) is 9.37 Å². The first-order chi connectivity index (χ1) is 12.1. The number of benzene rings is 1. The Labute approximate surface area is 150 Å². The van der Waals surface area contributed by atoms with Crippen molar-refractivity contribution in [1.29, 1.82) is 0 Å². The summed E-state index contributed by atoms with van der Waals surface area (Å²) in [5.41, 5.74) is 7.11. The summed E-state index contributed by atoms with van der Waals surface area (Å²) >= 11 is 1.44. The Morgan fingerprint density at radius 2 is 2.28 bits per heavy atom. The van der Waals surface area contributed by atoms with E-state index in [2.05, 4.69) is 4.98 Å². The Morgan fingerprint density at radius 1 is 1.44 bits per heavy atom. The lowest BCUT2D eigenvalue weighted by atomic mass is 10.0. The molecule has 0 bridgehead atoms. The fraction of sp³-hybridized carbons (Fsp3) is 0.474. The van der Waals surface area contributed by atoms with E-state index in [4.69, 9.17) is 5.73 Å². The van der Waals surface area contributed by atoms with Crippen molar-refractivity contribution in [3.8, 4) is 10.4 Å². The number of thiazole rings is 1. The van der Waals surface area contributed by atoms with Gasteiger partial charge in [-0.05, 0) is 49.8 Å². The molecule has 0 unspecified atom stereocenters. The van der Waals surface area contributed by atoms with E-state index in [0.717, 1.165) is 22.7 Å². The number of hydrogen-bond acceptors (Lipinski definition) is 4. The molecule has 1 aliphatic carbocycles. The van der Waals surface area contributed by atoms with Crippen molar-refractivity contribution in [2.75, 3.05) is 6.54 Å². The molecule has 2 fully saturated rings. The number of amides is 1. The molecule has 0 radical (unpaired) electrons. The smallest absolute Gasteiger partial charge is 0.274 e. The van der Waals surface area contributed by atoms with Crippen molar-refractivity contribution in [1.82, 2.24) is 9.88 Å². The summed E-state index contributed by atoms with van der Waals surface area (Å²) in [7, 11) is 0. The molecule has 1 aliphatic heterocycles. The first kappa shape index (κ1) is 16.7. The van der Waals surface area contributed by atoms with E-state index in [1.165, 1.54) is 36.3 Å². The van der Waals surface area contributed by atoms with Crippen LogP contribution in [0.1, 0.15) is 41.2 Å². The molecule has 2 N–H and O–H groups in total.